The average molecular weight is 288 g/mol. The Hall–Kier alpha value is -2.37. The van der Waals surface area contributed by atoms with E-state index in [1.807, 2.05) is 37.3 Å². The summed E-state index contributed by atoms with van der Waals surface area (Å²) in [6.07, 6.45) is 1.32. The molecule has 0 radical (unpaired) electrons. The van der Waals surface area contributed by atoms with Crippen molar-refractivity contribution in [3.63, 3.8) is 0 Å². The maximum Gasteiger partial charge on any atom is 0.345 e. The molecule has 0 aliphatic carbocycles. The van der Waals surface area contributed by atoms with Crippen LogP contribution < -0.4 is 11.0 Å². The minimum Gasteiger partial charge on any atom is -0.354 e. The van der Waals surface area contributed by atoms with Crippen LogP contribution in [-0.4, -0.2) is 26.8 Å². The zero-order chi connectivity index (χ0) is 15.2. The van der Waals surface area contributed by atoms with Crippen LogP contribution >= 0.6 is 0 Å². The third-order valence-electron chi connectivity index (χ3n) is 3.20. The van der Waals surface area contributed by atoms with Gasteiger partial charge >= 0.3 is 5.69 Å². The van der Waals surface area contributed by atoms with Crippen molar-refractivity contribution in [3.8, 4) is 11.4 Å². The van der Waals surface area contributed by atoms with Gasteiger partial charge in [-0.2, -0.15) is 0 Å². The standard InChI is InChI=1S/C15H20N4O2/c1-3-7-13(20)16-10-11-19-15(21)18(2)14(17-19)12-8-5-4-6-9-12/h4-6,8-9H,3,7,10-11H2,1-2H3,(H,16,20). The Bertz CT molecular complexity index is 658. The summed E-state index contributed by atoms with van der Waals surface area (Å²) < 4.78 is 2.90. The van der Waals surface area contributed by atoms with E-state index in [4.69, 9.17) is 0 Å². The highest BCUT2D eigenvalue weighted by Crippen LogP contribution is 2.13. The van der Waals surface area contributed by atoms with Crippen LogP contribution in [0.2, 0.25) is 0 Å². The van der Waals surface area contributed by atoms with Crippen molar-refractivity contribution in [2.45, 2.75) is 26.3 Å². The fourth-order valence-electron chi connectivity index (χ4n) is 2.09. The van der Waals surface area contributed by atoms with Gasteiger partial charge in [-0.25, -0.2) is 9.48 Å². The number of carbonyl (C=O) groups excluding carboxylic acids is 1. The molecule has 1 N–H and O–H groups in total. The van der Waals surface area contributed by atoms with Gasteiger partial charge < -0.3 is 5.32 Å². The van der Waals surface area contributed by atoms with Crippen LogP contribution in [0.4, 0.5) is 0 Å². The molecule has 0 bridgehead atoms. The number of carbonyl (C=O) groups is 1. The second-order valence-corrected chi connectivity index (χ2v) is 4.85. The Morgan fingerprint density at radius 1 is 1.29 bits per heavy atom. The molecule has 1 heterocycles. The quantitative estimate of drug-likeness (QED) is 0.867. The third-order valence-corrected chi connectivity index (χ3v) is 3.20. The molecule has 1 aromatic heterocycles. The summed E-state index contributed by atoms with van der Waals surface area (Å²) in [6, 6.07) is 9.56. The number of aromatic nitrogens is 3. The predicted octanol–water partition coefficient (Wildman–Crippen LogP) is 1.17. The molecule has 21 heavy (non-hydrogen) atoms. The molecule has 0 saturated heterocycles. The van der Waals surface area contributed by atoms with E-state index in [2.05, 4.69) is 10.4 Å². The van der Waals surface area contributed by atoms with Gasteiger partial charge in [0.05, 0.1) is 6.54 Å². The second-order valence-electron chi connectivity index (χ2n) is 4.85. The Labute approximate surface area is 123 Å². The minimum absolute atomic E-state index is 0.00441. The van der Waals surface area contributed by atoms with E-state index >= 15 is 0 Å². The van der Waals surface area contributed by atoms with Crippen molar-refractivity contribution >= 4 is 5.91 Å². The zero-order valence-electron chi connectivity index (χ0n) is 12.4. The smallest absolute Gasteiger partial charge is 0.345 e. The van der Waals surface area contributed by atoms with Gasteiger partial charge in [0.1, 0.15) is 0 Å². The highest BCUT2D eigenvalue weighted by atomic mass is 16.2. The van der Waals surface area contributed by atoms with E-state index in [1.165, 1.54) is 9.25 Å². The van der Waals surface area contributed by atoms with E-state index < -0.39 is 0 Å². The average Bonchev–Trinajstić information content (AvgIpc) is 2.77. The molecule has 112 valence electrons. The molecular weight excluding hydrogens is 268 g/mol. The first kappa shape index (κ1) is 15.0. The lowest BCUT2D eigenvalue weighted by molar-refractivity contribution is -0.121. The van der Waals surface area contributed by atoms with Crippen LogP contribution in [0.3, 0.4) is 0 Å². The molecular formula is C15H20N4O2. The summed E-state index contributed by atoms with van der Waals surface area (Å²) in [5.41, 5.74) is 0.712. The molecule has 0 aliphatic heterocycles. The van der Waals surface area contributed by atoms with Crippen LogP contribution in [-0.2, 0) is 18.4 Å². The maximum absolute atomic E-state index is 12.1. The fourth-order valence-corrected chi connectivity index (χ4v) is 2.09. The molecule has 1 amide bonds. The van der Waals surface area contributed by atoms with E-state index in [0.29, 0.717) is 25.3 Å². The lowest BCUT2D eigenvalue weighted by atomic mass is 10.2. The van der Waals surface area contributed by atoms with Gasteiger partial charge in [-0.3, -0.25) is 9.36 Å². The summed E-state index contributed by atoms with van der Waals surface area (Å²) in [7, 11) is 1.70. The first-order valence-corrected chi connectivity index (χ1v) is 7.09. The largest absolute Gasteiger partial charge is 0.354 e. The van der Waals surface area contributed by atoms with Gasteiger partial charge in [0.25, 0.3) is 0 Å². The highest BCUT2D eigenvalue weighted by molar-refractivity contribution is 5.75. The molecule has 2 aromatic rings. The number of amides is 1. The minimum atomic E-state index is -0.182. The van der Waals surface area contributed by atoms with Crippen molar-refractivity contribution in [2.24, 2.45) is 7.05 Å². The van der Waals surface area contributed by atoms with Gasteiger partial charge in [0.15, 0.2) is 5.82 Å². The lowest BCUT2D eigenvalue weighted by Gasteiger charge is -2.03. The molecule has 2 rings (SSSR count). The van der Waals surface area contributed by atoms with Crippen LogP contribution in [0.15, 0.2) is 35.1 Å². The van der Waals surface area contributed by atoms with E-state index in [1.54, 1.807) is 7.05 Å². The Kier molecular flexibility index (Phi) is 4.92. The molecule has 0 spiro atoms. The van der Waals surface area contributed by atoms with Crippen LogP contribution in [0, 0.1) is 0 Å². The van der Waals surface area contributed by atoms with Crippen molar-refractivity contribution in [3.05, 3.63) is 40.8 Å². The molecule has 0 saturated carbocycles. The van der Waals surface area contributed by atoms with Crippen molar-refractivity contribution in [1.82, 2.24) is 19.7 Å². The van der Waals surface area contributed by atoms with E-state index in [0.717, 1.165) is 12.0 Å². The first-order chi connectivity index (χ1) is 10.1. The summed E-state index contributed by atoms with van der Waals surface area (Å²) in [5.74, 6) is 0.630. The number of hydrogen-bond donors (Lipinski definition) is 1. The second kappa shape index (κ2) is 6.88. The summed E-state index contributed by atoms with van der Waals surface area (Å²) in [5, 5.41) is 7.12. The number of hydrogen-bond acceptors (Lipinski definition) is 3. The number of rotatable bonds is 6. The Morgan fingerprint density at radius 3 is 2.67 bits per heavy atom. The maximum atomic E-state index is 12.1. The van der Waals surface area contributed by atoms with Crippen molar-refractivity contribution < 1.29 is 4.79 Å². The van der Waals surface area contributed by atoms with Gasteiger partial charge in [0, 0.05) is 25.6 Å². The molecule has 0 aliphatic rings. The van der Waals surface area contributed by atoms with Crippen LogP contribution in [0.25, 0.3) is 11.4 Å². The third kappa shape index (κ3) is 3.59. The van der Waals surface area contributed by atoms with E-state index in [9.17, 15) is 9.59 Å². The van der Waals surface area contributed by atoms with Gasteiger partial charge in [-0.15, -0.1) is 5.10 Å². The molecule has 1 aromatic carbocycles. The summed E-state index contributed by atoms with van der Waals surface area (Å²) >= 11 is 0. The van der Waals surface area contributed by atoms with Crippen molar-refractivity contribution in [2.75, 3.05) is 6.54 Å². The number of nitrogens with one attached hydrogen (secondary N) is 1. The van der Waals surface area contributed by atoms with Crippen LogP contribution in [0.1, 0.15) is 19.8 Å². The van der Waals surface area contributed by atoms with Gasteiger partial charge in [-0.1, -0.05) is 37.3 Å². The summed E-state index contributed by atoms with van der Waals surface area (Å²) in [4.78, 5) is 23.5. The number of benzene rings is 1. The molecule has 0 fully saturated rings. The van der Waals surface area contributed by atoms with Crippen molar-refractivity contribution in [1.29, 1.82) is 0 Å². The zero-order valence-corrected chi connectivity index (χ0v) is 12.4. The number of nitrogens with zero attached hydrogens (tertiary/aromatic N) is 3. The summed E-state index contributed by atoms with van der Waals surface area (Å²) in [6.45, 7) is 2.73. The molecule has 0 unspecified atom stereocenters. The Morgan fingerprint density at radius 2 is 2.00 bits per heavy atom. The molecule has 6 heteroatoms. The van der Waals surface area contributed by atoms with Gasteiger partial charge in [-0.05, 0) is 6.42 Å². The normalized spacial score (nSPS) is 10.6. The SMILES string of the molecule is CCCC(=O)NCCn1nc(-c2ccccc2)n(C)c1=O. The topological polar surface area (TPSA) is 68.9 Å². The van der Waals surface area contributed by atoms with Gasteiger partial charge in [0.2, 0.25) is 5.91 Å². The highest BCUT2D eigenvalue weighted by Gasteiger charge is 2.11. The predicted molar refractivity (Wildman–Crippen MR) is 80.8 cm³/mol. The Balaban J connectivity index is 2.09. The molecule has 0 atom stereocenters. The van der Waals surface area contributed by atoms with E-state index in [-0.39, 0.29) is 11.6 Å². The van der Waals surface area contributed by atoms with Crippen LogP contribution in [0.5, 0.6) is 0 Å². The fraction of sp³-hybridized carbons (Fsp3) is 0.400. The monoisotopic (exact) mass is 288 g/mol. The first-order valence-electron chi connectivity index (χ1n) is 7.09. The molecule has 6 nitrogen and oxygen atoms in total. The lowest BCUT2D eigenvalue weighted by Crippen LogP contribution is -2.31.